The normalized spacial score (nSPS) is 10.9. The van der Waals surface area contributed by atoms with Gasteiger partial charge in [-0.3, -0.25) is 30.6 Å². The summed E-state index contributed by atoms with van der Waals surface area (Å²) in [5, 5.41) is 11.8. The van der Waals surface area contributed by atoms with Gasteiger partial charge in [-0.2, -0.15) is 0 Å². The number of carbonyl (C=O) groups excluding carboxylic acids is 2. The summed E-state index contributed by atoms with van der Waals surface area (Å²) in [4.78, 5) is 34.5. The van der Waals surface area contributed by atoms with Crippen LogP contribution in [-0.2, 0) is 4.79 Å². The zero-order chi connectivity index (χ0) is 19.4. The lowest BCUT2D eigenvalue weighted by Crippen LogP contribution is -2.40. The number of hydrogen-bond acceptors (Lipinski definition) is 5. The fourth-order valence-corrected chi connectivity index (χ4v) is 2.57. The molecule has 0 radical (unpaired) electrons. The second-order valence-electron chi connectivity index (χ2n) is 5.64. The first-order valence-electron chi connectivity index (χ1n) is 7.97. The molecule has 0 aliphatic rings. The number of para-hydroxylation sites is 2. The SMILES string of the molecule is Cc1c(C(=O)NNC(=O)/C=C/c2ccccc2[N+](=O)[O-])oc2ccccc12. The maximum absolute atomic E-state index is 12.2. The Labute approximate surface area is 153 Å². The first kappa shape index (κ1) is 17.9. The Kier molecular flexibility index (Phi) is 4.98. The van der Waals surface area contributed by atoms with Crippen LogP contribution in [0.15, 0.2) is 59.0 Å². The van der Waals surface area contributed by atoms with E-state index in [2.05, 4.69) is 10.9 Å². The van der Waals surface area contributed by atoms with Crippen molar-refractivity contribution in [2.24, 2.45) is 0 Å². The number of fused-ring (bicyclic) bond motifs is 1. The van der Waals surface area contributed by atoms with E-state index in [0.717, 1.165) is 11.5 Å². The lowest BCUT2D eigenvalue weighted by molar-refractivity contribution is -0.385. The number of nitro benzene ring substituents is 1. The predicted octanol–water partition coefficient (Wildman–Crippen LogP) is 3.12. The van der Waals surface area contributed by atoms with Crippen LogP contribution in [0, 0.1) is 17.0 Å². The molecule has 0 aliphatic carbocycles. The molecule has 0 saturated heterocycles. The number of hydrazine groups is 1. The average molecular weight is 365 g/mol. The molecule has 3 rings (SSSR count). The van der Waals surface area contributed by atoms with Crippen molar-refractivity contribution in [3.8, 4) is 0 Å². The first-order valence-corrected chi connectivity index (χ1v) is 7.97. The minimum Gasteiger partial charge on any atom is -0.451 e. The van der Waals surface area contributed by atoms with Gasteiger partial charge in [-0.25, -0.2) is 0 Å². The van der Waals surface area contributed by atoms with E-state index in [1.807, 2.05) is 12.1 Å². The molecule has 0 unspecified atom stereocenters. The van der Waals surface area contributed by atoms with Crippen LogP contribution in [-0.4, -0.2) is 16.7 Å². The van der Waals surface area contributed by atoms with Gasteiger partial charge in [0.05, 0.1) is 10.5 Å². The number of nitrogens with zero attached hydrogens (tertiary/aromatic N) is 1. The summed E-state index contributed by atoms with van der Waals surface area (Å²) in [6.07, 6.45) is 2.39. The van der Waals surface area contributed by atoms with Crippen LogP contribution in [0.25, 0.3) is 17.0 Å². The molecule has 0 atom stereocenters. The van der Waals surface area contributed by atoms with Crippen molar-refractivity contribution in [3.05, 3.63) is 81.6 Å². The van der Waals surface area contributed by atoms with Gasteiger partial charge < -0.3 is 4.42 Å². The van der Waals surface area contributed by atoms with E-state index in [1.165, 1.54) is 24.3 Å². The van der Waals surface area contributed by atoms with Crippen molar-refractivity contribution >= 4 is 34.5 Å². The standard InChI is InChI=1S/C19H15N3O5/c1-12-14-7-3-5-9-16(14)27-18(12)19(24)21-20-17(23)11-10-13-6-2-4-8-15(13)22(25)26/h2-11H,1H3,(H,20,23)(H,21,24)/b11-10+. The zero-order valence-corrected chi connectivity index (χ0v) is 14.3. The van der Waals surface area contributed by atoms with Crippen LogP contribution in [0.2, 0.25) is 0 Å². The third-order valence-electron chi connectivity index (χ3n) is 3.90. The number of amides is 2. The Bertz CT molecular complexity index is 1070. The molecule has 27 heavy (non-hydrogen) atoms. The summed E-state index contributed by atoms with van der Waals surface area (Å²) in [5.41, 5.74) is 5.86. The van der Waals surface area contributed by atoms with Crippen molar-refractivity contribution in [1.29, 1.82) is 0 Å². The topological polar surface area (TPSA) is 114 Å². The van der Waals surface area contributed by atoms with E-state index in [0.29, 0.717) is 11.1 Å². The third-order valence-corrected chi connectivity index (χ3v) is 3.90. The number of aryl methyl sites for hydroxylation is 1. The van der Waals surface area contributed by atoms with Crippen LogP contribution in [0.4, 0.5) is 5.69 Å². The van der Waals surface area contributed by atoms with Gasteiger partial charge in [0.1, 0.15) is 5.58 Å². The van der Waals surface area contributed by atoms with Crippen LogP contribution in [0.5, 0.6) is 0 Å². The summed E-state index contributed by atoms with van der Waals surface area (Å²) in [6, 6.07) is 13.2. The van der Waals surface area contributed by atoms with Gasteiger partial charge in [0, 0.05) is 23.1 Å². The molecular weight excluding hydrogens is 350 g/mol. The minimum absolute atomic E-state index is 0.0965. The summed E-state index contributed by atoms with van der Waals surface area (Å²) in [5.74, 6) is -1.15. The molecule has 2 aromatic carbocycles. The van der Waals surface area contributed by atoms with Crippen LogP contribution in [0.1, 0.15) is 21.7 Å². The second-order valence-corrected chi connectivity index (χ2v) is 5.64. The van der Waals surface area contributed by atoms with E-state index in [4.69, 9.17) is 4.42 Å². The molecule has 8 nitrogen and oxygen atoms in total. The summed E-state index contributed by atoms with van der Waals surface area (Å²) in [6.45, 7) is 1.75. The Morgan fingerprint density at radius 3 is 2.52 bits per heavy atom. The minimum atomic E-state index is -0.643. The van der Waals surface area contributed by atoms with Gasteiger partial charge in [-0.05, 0) is 25.1 Å². The Hall–Kier alpha value is -3.94. The molecule has 0 bridgehead atoms. The molecule has 3 aromatic rings. The van der Waals surface area contributed by atoms with Crippen molar-refractivity contribution in [2.75, 3.05) is 0 Å². The zero-order valence-electron chi connectivity index (χ0n) is 14.3. The second kappa shape index (κ2) is 7.52. The molecule has 1 aromatic heterocycles. The lowest BCUT2D eigenvalue weighted by atomic mass is 10.1. The number of benzene rings is 2. The number of carbonyl (C=O) groups is 2. The van der Waals surface area contributed by atoms with Gasteiger partial charge in [0.2, 0.25) is 0 Å². The fraction of sp³-hybridized carbons (Fsp3) is 0.0526. The third kappa shape index (κ3) is 3.84. The molecule has 1 heterocycles. The highest BCUT2D eigenvalue weighted by atomic mass is 16.6. The van der Waals surface area contributed by atoms with Crippen molar-refractivity contribution in [2.45, 2.75) is 6.92 Å². The van der Waals surface area contributed by atoms with Crippen molar-refractivity contribution < 1.29 is 18.9 Å². The molecular formula is C19H15N3O5. The lowest BCUT2D eigenvalue weighted by Gasteiger charge is -2.03. The largest absolute Gasteiger partial charge is 0.451 e. The molecule has 0 fully saturated rings. The summed E-state index contributed by atoms with van der Waals surface area (Å²) >= 11 is 0. The van der Waals surface area contributed by atoms with Crippen molar-refractivity contribution in [1.82, 2.24) is 10.9 Å². The van der Waals surface area contributed by atoms with Gasteiger partial charge >= 0.3 is 5.91 Å². The number of nitrogens with one attached hydrogen (secondary N) is 2. The molecule has 2 N–H and O–H groups in total. The highest BCUT2D eigenvalue weighted by molar-refractivity contribution is 6.00. The van der Waals surface area contributed by atoms with Gasteiger partial charge in [0.25, 0.3) is 11.6 Å². The van der Waals surface area contributed by atoms with Gasteiger partial charge in [-0.15, -0.1) is 0 Å². The molecule has 136 valence electrons. The molecule has 2 amide bonds. The predicted molar refractivity (Wildman–Crippen MR) is 98.7 cm³/mol. The summed E-state index contributed by atoms with van der Waals surface area (Å²) in [7, 11) is 0. The molecule has 0 aliphatic heterocycles. The Morgan fingerprint density at radius 2 is 1.78 bits per heavy atom. The van der Waals surface area contributed by atoms with Crippen molar-refractivity contribution in [3.63, 3.8) is 0 Å². The number of hydrogen-bond donors (Lipinski definition) is 2. The average Bonchev–Trinajstić information content (AvgIpc) is 3.01. The van der Waals surface area contributed by atoms with Crippen LogP contribution < -0.4 is 10.9 Å². The first-order chi connectivity index (χ1) is 13.0. The highest BCUT2D eigenvalue weighted by Gasteiger charge is 2.17. The van der Waals surface area contributed by atoms with Gasteiger partial charge in [0.15, 0.2) is 5.76 Å². The molecule has 8 heteroatoms. The number of nitro groups is 1. The quantitative estimate of drug-likeness (QED) is 0.419. The molecule has 0 saturated carbocycles. The number of rotatable bonds is 4. The van der Waals surface area contributed by atoms with E-state index in [-0.39, 0.29) is 17.0 Å². The Balaban J connectivity index is 1.66. The monoisotopic (exact) mass is 365 g/mol. The maximum atomic E-state index is 12.2. The highest BCUT2D eigenvalue weighted by Crippen LogP contribution is 2.24. The maximum Gasteiger partial charge on any atom is 0.305 e. The number of furan rings is 1. The van der Waals surface area contributed by atoms with E-state index >= 15 is 0 Å². The Morgan fingerprint density at radius 1 is 1.07 bits per heavy atom. The van der Waals surface area contributed by atoms with E-state index in [1.54, 1.807) is 25.1 Å². The van der Waals surface area contributed by atoms with Gasteiger partial charge in [-0.1, -0.05) is 30.3 Å². The summed E-state index contributed by atoms with van der Waals surface area (Å²) < 4.78 is 5.51. The van der Waals surface area contributed by atoms with E-state index in [9.17, 15) is 19.7 Å². The van der Waals surface area contributed by atoms with Crippen LogP contribution in [0.3, 0.4) is 0 Å². The van der Waals surface area contributed by atoms with E-state index < -0.39 is 16.7 Å². The van der Waals surface area contributed by atoms with Crippen LogP contribution >= 0.6 is 0 Å². The smallest absolute Gasteiger partial charge is 0.305 e. The molecule has 0 spiro atoms. The fourth-order valence-electron chi connectivity index (χ4n) is 2.57.